The van der Waals surface area contributed by atoms with Gasteiger partial charge in [0.25, 0.3) is 0 Å². The van der Waals surface area contributed by atoms with E-state index in [0.717, 1.165) is 43.6 Å². The van der Waals surface area contributed by atoms with Crippen LogP contribution in [0.5, 0.6) is 11.5 Å². The number of hydrogen-bond acceptors (Lipinski definition) is 4. The molecule has 0 aliphatic heterocycles. The lowest BCUT2D eigenvalue weighted by Gasteiger charge is -2.66. The fraction of sp³-hybridized carbons (Fsp3) is 0.690. The van der Waals surface area contributed by atoms with E-state index in [9.17, 15) is 4.79 Å². The zero-order chi connectivity index (χ0) is 23.8. The maximum atomic E-state index is 13.1. The van der Waals surface area contributed by atoms with Crippen LogP contribution in [0.2, 0.25) is 0 Å². The zero-order valence-electron chi connectivity index (χ0n) is 21.4. The predicted molar refractivity (Wildman–Crippen MR) is 130 cm³/mol. The van der Waals surface area contributed by atoms with Crippen LogP contribution in [0, 0.1) is 28.6 Å². The number of carbonyl (C=O) groups is 1. The Kier molecular flexibility index (Phi) is 5.19. The first-order valence-electron chi connectivity index (χ1n) is 12.7. The van der Waals surface area contributed by atoms with Gasteiger partial charge in [-0.25, -0.2) is 0 Å². The van der Waals surface area contributed by atoms with Crippen LogP contribution >= 0.6 is 0 Å². The minimum absolute atomic E-state index is 0.0200. The summed E-state index contributed by atoms with van der Waals surface area (Å²) in [4.78, 5) is 13.1. The number of esters is 1. The molecule has 0 amide bonds. The Morgan fingerprint density at radius 2 is 1.70 bits per heavy atom. The van der Waals surface area contributed by atoms with E-state index in [1.165, 1.54) is 17.5 Å². The molecule has 2 saturated carbocycles. The Labute approximate surface area is 199 Å². The van der Waals surface area contributed by atoms with Crippen LogP contribution in [0.3, 0.4) is 0 Å². The maximum Gasteiger partial charge on any atom is 0.311 e. The second-order valence-corrected chi connectivity index (χ2v) is 11.8. The summed E-state index contributed by atoms with van der Waals surface area (Å²) in [6.07, 6.45) is 9.05. The summed E-state index contributed by atoms with van der Waals surface area (Å²) < 4.78 is 17.3. The Bertz CT molecular complexity index is 1010. The maximum absolute atomic E-state index is 13.1. The highest BCUT2D eigenvalue weighted by atomic mass is 16.5. The highest BCUT2D eigenvalue weighted by Crippen LogP contribution is 2.73. The zero-order valence-corrected chi connectivity index (χ0v) is 21.4. The predicted octanol–water partition coefficient (Wildman–Crippen LogP) is 6.42. The Morgan fingerprint density at radius 1 is 1.00 bits per heavy atom. The second kappa shape index (κ2) is 7.52. The van der Waals surface area contributed by atoms with Crippen molar-refractivity contribution < 1.29 is 19.0 Å². The SMILES string of the molecule is COC(=O)[C@@]1(C)CCC[C@]2(C)[C@H]3C[C@H]4C(C(C)C)=C[C@]3(CC[C@H]21)c1c(OC)ccc(OC)c14. The van der Waals surface area contributed by atoms with E-state index in [0.29, 0.717) is 23.7 Å². The number of allylic oxidation sites excluding steroid dienone is 2. The summed E-state index contributed by atoms with van der Waals surface area (Å²) in [6.45, 7) is 9.31. The number of rotatable bonds is 4. The third kappa shape index (κ3) is 2.79. The Morgan fingerprint density at radius 3 is 2.33 bits per heavy atom. The molecule has 1 spiro atoms. The lowest BCUT2D eigenvalue weighted by molar-refractivity contribution is -0.175. The summed E-state index contributed by atoms with van der Waals surface area (Å²) in [6, 6.07) is 4.19. The smallest absolute Gasteiger partial charge is 0.311 e. The van der Waals surface area contributed by atoms with E-state index in [1.54, 1.807) is 26.9 Å². The molecule has 5 aliphatic carbocycles. The molecule has 0 saturated heterocycles. The molecule has 1 aromatic rings. The molecule has 0 N–H and O–H groups in total. The number of fused-ring (bicyclic) bond motifs is 1. The molecule has 0 unspecified atom stereocenters. The molecule has 6 rings (SSSR count). The average Bonchev–Trinajstić information content (AvgIpc) is 2.82. The van der Waals surface area contributed by atoms with Gasteiger partial charge in [-0.05, 0) is 74.3 Å². The van der Waals surface area contributed by atoms with Crippen LogP contribution in [0.25, 0.3) is 0 Å². The van der Waals surface area contributed by atoms with Gasteiger partial charge < -0.3 is 14.2 Å². The van der Waals surface area contributed by atoms with E-state index in [1.807, 2.05) is 0 Å². The van der Waals surface area contributed by atoms with Gasteiger partial charge in [-0.3, -0.25) is 4.79 Å². The van der Waals surface area contributed by atoms with Gasteiger partial charge in [0.2, 0.25) is 0 Å². The normalized spacial score (nSPS) is 38.7. The standard InChI is InChI=1S/C29H40O4/c1-17(2)19-16-29-14-11-22-27(3,12-8-13-28(22,4)26(30)33-7)23(29)15-18(19)24-20(31-5)9-10-21(32-6)25(24)29/h9-10,16-18,22-23H,8,11-15H2,1-7H3/t18-,22+,23+,27-,28-,29-/m0/s1. The van der Waals surface area contributed by atoms with E-state index in [4.69, 9.17) is 14.2 Å². The molecule has 2 bridgehead atoms. The van der Waals surface area contributed by atoms with Crippen molar-refractivity contribution in [1.29, 1.82) is 0 Å². The number of methoxy groups -OCH3 is 3. The number of carbonyl (C=O) groups excluding carboxylic acids is 1. The van der Waals surface area contributed by atoms with Crippen molar-refractivity contribution in [3.63, 3.8) is 0 Å². The molecule has 0 heterocycles. The fourth-order valence-electron chi connectivity index (χ4n) is 9.00. The largest absolute Gasteiger partial charge is 0.496 e. The Hall–Kier alpha value is -1.97. The molecular formula is C29H40O4. The molecule has 4 heteroatoms. The van der Waals surface area contributed by atoms with Crippen molar-refractivity contribution in [2.24, 2.45) is 28.6 Å². The summed E-state index contributed by atoms with van der Waals surface area (Å²) in [7, 11) is 5.14. The summed E-state index contributed by atoms with van der Waals surface area (Å²) in [5.41, 5.74) is 3.89. The van der Waals surface area contributed by atoms with Crippen molar-refractivity contribution in [2.75, 3.05) is 21.3 Å². The van der Waals surface area contributed by atoms with Crippen LogP contribution < -0.4 is 9.47 Å². The van der Waals surface area contributed by atoms with Gasteiger partial charge in [0, 0.05) is 22.5 Å². The summed E-state index contributed by atoms with van der Waals surface area (Å²) >= 11 is 0. The number of hydrogen-bond donors (Lipinski definition) is 0. The first-order chi connectivity index (χ1) is 15.7. The quantitative estimate of drug-likeness (QED) is 0.390. The van der Waals surface area contributed by atoms with Crippen molar-refractivity contribution in [2.45, 2.75) is 77.6 Å². The molecular weight excluding hydrogens is 412 g/mol. The highest BCUT2D eigenvalue weighted by Gasteiger charge is 2.66. The first kappa shape index (κ1) is 22.8. The van der Waals surface area contributed by atoms with Crippen LogP contribution in [0.4, 0.5) is 0 Å². The lowest BCUT2D eigenvalue weighted by Crippen LogP contribution is -2.62. The summed E-state index contributed by atoms with van der Waals surface area (Å²) in [5, 5.41) is 0. The molecule has 4 nitrogen and oxygen atoms in total. The highest BCUT2D eigenvalue weighted by molar-refractivity contribution is 5.77. The van der Waals surface area contributed by atoms with Crippen molar-refractivity contribution in [1.82, 2.24) is 0 Å². The fourth-order valence-corrected chi connectivity index (χ4v) is 9.00. The van der Waals surface area contributed by atoms with Gasteiger partial charge in [0.15, 0.2) is 0 Å². The van der Waals surface area contributed by atoms with E-state index in [2.05, 4.69) is 45.9 Å². The van der Waals surface area contributed by atoms with Crippen LogP contribution in [-0.4, -0.2) is 27.3 Å². The summed E-state index contributed by atoms with van der Waals surface area (Å²) in [5.74, 6) is 3.64. The topological polar surface area (TPSA) is 44.8 Å². The van der Waals surface area contributed by atoms with E-state index >= 15 is 0 Å². The number of ether oxygens (including phenoxy) is 3. The van der Waals surface area contributed by atoms with Gasteiger partial charge in [0.1, 0.15) is 11.5 Å². The van der Waals surface area contributed by atoms with Gasteiger partial charge >= 0.3 is 5.97 Å². The van der Waals surface area contributed by atoms with Gasteiger partial charge in [-0.2, -0.15) is 0 Å². The Balaban J connectivity index is 1.73. The molecule has 0 aromatic heterocycles. The van der Waals surface area contributed by atoms with Gasteiger partial charge in [0.05, 0.1) is 26.7 Å². The van der Waals surface area contributed by atoms with E-state index < -0.39 is 5.41 Å². The van der Waals surface area contributed by atoms with Gasteiger partial charge in [-0.15, -0.1) is 0 Å². The second-order valence-electron chi connectivity index (χ2n) is 11.8. The lowest BCUT2D eigenvalue weighted by atomic mass is 9.37. The van der Waals surface area contributed by atoms with Crippen LogP contribution in [-0.2, 0) is 14.9 Å². The number of benzene rings is 1. The first-order valence-corrected chi connectivity index (χ1v) is 12.7. The minimum Gasteiger partial charge on any atom is -0.496 e. The molecule has 5 aliphatic rings. The minimum atomic E-state index is -0.397. The van der Waals surface area contributed by atoms with Crippen molar-refractivity contribution in [3.8, 4) is 11.5 Å². The molecule has 180 valence electrons. The third-order valence-corrected chi connectivity index (χ3v) is 10.3. The molecule has 2 fully saturated rings. The van der Waals surface area contributed by atoms with E-state index in [-0.39, 0.29) is 16.8 Å². The van der Waals surface area contributed by atoms with Crippen molar-refractivity contribution in [3.05, 3.63) is 34.9 Å². The van der Waals surface area contributed by atoms with Crippen molar-refractivity contribution >= 4 is 5.97 Å². The average molecular weight is 453 g/mol. The van der Waals surface area contributed by atoms with Gasteiger partial charge in [-0.1, -0.05) is 38.8 Å². The third-order valence-electron chi connectivity index (χ3n) is 10.3. The van der Waals surface area contributed by atoms with Crippen LogP contribution in [0.1, 0.15) is 83.3 Å². The molecule has 1 aromatic carbocycles. The molecule has 33 heavy (non-hydrogen) atoms. The monoisotopic (exact) mass is 452 g/mol. The molecule has 0 radical (unpaired) electrons. The molecule has 6 atom stereocenters. The van der Waals surface area contributed by atoms with Crippen LogP contribution in [0.15, 0.2) is 23.8 Å².